The summed E-state index contributed by atoms with van der Waals surface area (Å²) >= 11 is 0. The van der Waals surface area contributed by atoms with Crippen molar-refractivity contribution in [2.24, 2.45) is 5.92 Å². The van der Waals surface area contributed by atoms with Gasteiger partial charge in [-0.15, -0.1) is 0 Å². The fraction of sp³-hybridized carbons (Fsp3) is 0.562. The van der Waals surface area contributed by atoms with Crippen LogP contribution in [0.15, 0.2) is 30.3 Å². The summed E-state index contributed by atoms with van der Waals surface area (Å²) in [6.07, 6.45) is 3.99. The van der Waals surface area contributed by atoms with Crippen LogP contribution in [0.3, 0.4) is 0 Å². The number of carbonyl (C=O) groups excluding carboxylic acids is 1. The third-order valence-electron chi connectivity index (χ3n) is 3.91. The Labute approximate surface area is 115 Å². The van der Waals surface area contributed by atoms with Crippen molar-refractivity contribution in [2.75, 3.05) is 0 Å². The summed E-state index contributed by atoms with van der Waals surface area (Å²) < 4.78 is 0. The molecule has 1 aromatic rings. The van der Waals surface area contributed by atoms with Crippen LogP contribution in [0.1, 0.15) is 38.2 Å². The standard InChI is InChI=1S/C16H23NO2/c1-12(10-11-13-6-3-2-4-7-13)17-16(19)14-8-5-9-15(14)18/h2-4,6-7,12,14-15,18H,5,8-11H2,1H3,(H,17,19). The Hall–Kier alpha value is -1.35. The average Bonchev–Trinajstić information content (AvgIpc) is 2.84. The van der Waals surface area contributed by atoms with E-state index < -0.39 is 6.10 Å². The predicted octanol–water partition coefficient (Wildman–Crippen LogP) is 2.28. The second kappa shape index (κ2) is 6.71. The molecule has 3 heteroatoms. The van der Waals surface area contributed by atoms with E-state index in [2.05, 4.69) is 17.4 Å². The Bertz CT molecular complexity index is 404. The van der Waals surface area contributed by atoms with E-state index in [1.165, 1.54) is 5.56 Å². The van der Waals surface area contributed by atoms with Crippen LogP contribution in [0, 0.1) is 5.92 Å². The van der Waals surface area contributed by atoms with Crippen molar-refractivity contribution in [1.29, 1.82) is 0 Å². The highest BCUT2D eigenvalue weighted by atomic mass is 16.3. The number of carbonyl (C=O) groups is 1. The minimum Gasteiger partial charge on any atom is -0.392 e. The van der Waals surface area contributed by atoms with Crippen LogP contribution < -0.4 is 5.32 Å². The molecule has 0 spiro atoms. The lowest BCUT2D eigenvalue weighted by atomic mass is 10.0. The van der Waals surface area contributed by atoms with Gasteiger partial charge in [0.25, 0.3) is 0 Å². The monoisotopic (exact) mass is 261 g/mol. The fourth-order valence-corrected chi connectivity index (χ4v) is 2.70. The van der Waals surface area contributed by atoms with Gasteiger partial charge < -0.3 is 10.4 Å². The molecule has 1 saturated carbocycles. The van der Waals surface area contributed by atoms with Crippen LogP contribution in [0.2, 0.25) is 0 Å². The maximum absolute atomic E-state index is 12.0. The quantitative estimate of drug-likeness (QED) is 0.854. The molecule has 2 rings (SSSR count). The topological polar surface area (TPSA) is 49.3 Å². The van der Waals surface area contributed by atoms with Gasteiger partial charge in [0.2, 0.25) is 5.91 Å². The molecule has 104 valence electrons. The summed E-state index contributed by atoms with van der Waals surface area (Å²) in [5.41, 5.74) is 1.30. The smallest absolute Gasteiger partial charge is 0.225 e. The van der Waals surface area contributed by atoms with Crippen molar-refractivity contribution in [3.05, 3.63) is 35.9 Å². The van der Waals surface area contributed by atoms with Gasteiger partial charge >= 0.3 is 0 Å². The Kier molecular flexibility index (Phi) is 4.97. The Morgan fingerprint density at radius 1 is 1.37 bits per heavy atom. The molecule has 1 amide bonds. The van der Waals surface area contributed by atoms with Crippen LogP contribution in [-0.2, 0) is 11.2 Å². The second-order valence-corrected chi connectivity index (χ2v) is 5.54. The molecule has 3 atom stereocenters. The highest BCUT2D eigenvalue weighted by Gasteiger charge is 2.31. The molecule has 1 fully saturated rings. The van der Waals surface area contributed by atoms with Crippen LogP contribution in [0.4, 0.5) is 0 Å². The average molecular weight is 261 g/mol. The number of benzene rings is 1. The highest BCUT2D eigenvalue weighted by molar-refractivity contribution is 5.79. The lowest BCUT2D eigenvalue weighted by molar-refractivity contribution is -0.128. The SMILES string of the molecule is CC(CCc1ccccc1)NC(=O)C1CCCC1O. The zero-order chi connectivity index (χ0) is 13.7. The van der Waals surface area contributed by atoms with E-state index in [4.69, 9.17) is 0 Å². The van der Waals surface area contributed by atoms with Crippen LogP contribution in [-0.4, -0.2) is 23.2 Å². The molecule has 0 bridgehead atoms. The number of hydrogen-bond donors (Lipinski definition) is 2. The van der Waals surface area contributed by atoms with Gasteiger partial charge in [-0.2, -0.15) is 0 Å². The Morgan fingerprint density at radius 3 is 2.74 bits per heavy atom. The molecule has 1 aliphatic carbocycles. The minimum absolute atomic E-state index is 0.0190. The van der Waals surface area contributed by atoms with Crippen molar-refractivity contribution >= 4 is 5.91 Å². The number of amides is 1. The van der Waals surface area contributed by atoms with E-state index in [9.17, 15) is 9.90 Å². The van der Waals surface area contributed by atoms with E-state index >= 15 is 0 Å². The van der Waals surface area contributed by atoms with Crippen LogP contribution in [0.5, 0.6) is 0 Å². The zero-order valence-electron chi connectivity index (χ0n) is 11.5. The molecular weight excluding hydrogens is 238 g/mol. The van der Waals surface area contributed by atoms with Crippen molar-refractivity contribution in [1.82, 2.24) is 5.32 Å². The first-order valence-electron chi connectivity index (χ1n) is 7.19. The molecule has 0 aliphatic heterocycles. The van der Waals surface area contributed by atoms with Crippen LogP contribution >= 0.6 is 0 Å². The molecule has 1 aromatic carbocycles. The molecule has 1 aliphatic rings. The van der Waals surface area contributed by atoms with Gasteiger partial charge in [-0.1, -0.05) is 30.3 Å². The van der Waals surface area contributed by atoms with Crippen molar-refractivity contribution in [3.8, 4) is 0 Å². The number of aliphatic hydroxyl groups excluding tert-OH is 1. The van der Waals surface area contributed by atoms with E-state index in [0.29, 0.717) is 0 Å². The number of nitrogens with one attached hydrogen (secondary N) is 1. The van der Waals surface area contributed by atoms with Gasteiger partial charge in [0.15, 0.2) is 0 Å². The van der Waals surface area contributed by atoms with Crippen molar-refractivity contribution < 1.29 is 9.90 Å². The number of hydrogen-bond acceptors (Lipinski definition) is 2. The third kappa shape index (κ3) is 4.06. The summed E-state index contributed by atoms with van der Waals surface area (Å²) in [6.45, 7) is 2.03. The van der Waals surface area contributed by atoms with Gasteiger partial charge in [0, 0.05) is 6.04 Å². The normalized spacial score (nSPS) is 24.1. The summed E-state index contributed by atoms with van der Waals surface area (Å²) in [6, 6.07) is 10.4. The van der Waals surface area contributed by atoms with E-state index in [1.807, 2.05) is 25.1 Å². The van der Waals surface area contributed by atoms with Gasteiger partial charge in [0.05, 0.1) is 12.0 Å². The molecule has 2 N–H and O–H groups in total. The van der Waals surface area contributed by atoms with E-state index in [-0.39, 0.29) is 17.9 Å². The zero-order valence-corrected chi connectivity index (χ0v) is 11.5. The fourth-order valence-electron chi connectivity index (χ4n) is 2.70. The van der Waals surface area contributed by atoms with E-state index in [0.717, 1.165) is 32.1 Å². The maximum atomic E-state index is 12.0. The van der Waals surface area contributed by atoms with E-state index in [1.54, 1.807) is 0 Å². The number of aryl methyl sites for hydroxylation is 1. The molecule has 3 nitrogen and oxygen atoms in total. The summed E-state index contributed by atoms with van der Waals surface area (Å²) in [5, 5.41) is 12.7. The molecule has 0 saturated heterocycles. The minimum atomic E-state index is -0.443. The summed E-state index contributed by atoms with van der Waals surface area (Å²) in [4.78, 5) is 12.0. The predicted molar refractivity (Wildman–Crippen MR) is 75.7 cm³/mol. The first-order chi connectivity index (χ1) is 9.16. The summed E-state index contributed by atoms with van der Waals surface area (Å²) in [5.74, 6) is -0.176. The van der Waals surface area contributed by atoms with Gasteiger partial charge in [-0.05, 0) is 44.6 Å². The van der Waals surface area contributed by atoms with Crippen LogP contribution in [0.25, 0.3) is 0 Å². The van der Waals surface area contributed by atoms with Gasteiger partial charge in [-0.3, -0.25) is 4.79 Å². The maximum Gasteiger partial charge on any atom is 0.225 e. The third-order valence-corrected chi connectivity index (χ3v) is 3.91. The Balaban J connectivity index is 1.75. The second-order valence-electron chi connectivity index (χ2n) is 5.54. The van der Waals surface area contributed by atoms with Gasteiger partial charge in [-0.25, -0.2) is 0 Å². The summed E-state index contributed by atoms with van der Waals surface area (Å²) in [7, 11) is 0. The largest absolute Gasteiger partial charge is 0.392 e. The van der Waals surface area contributed by atoms with Crippen molar-refractivity contribution in [3.63, 3.8) is 0 Å². The molecular formula is C16H23NO2. The lowest BCUT2D eigenvalue weighted by Crippen LogP contribution is -2.40. The molecule has 3 unspecified atom stereocenters. The molecule has 0 radical (unpaired) electrons. The van der Waals surface area contributed by atoms with Gasteiger partial charge in [0.1, 0.15) is 0 Å². The number of rotatable bonds is 5. The molecule has 19 heavy (non-hydrogen) atoms. The Morgan fingerprint density at radius 2 is 2.11 bits per heavy atom. The molecule has 0 heterocycles. The lowest BCUT2D eigenvalue weighted by Gasteiger charge is -2.19. The first kappa shape index (κ1) is 14.1. The van der Waals surface area contributed by atoms with Crippen molar-refractivity contribution in [2.45, 2.75) is 51.2 Å². The number of aliphatic hydroxyl groups is 1. The molecule has 0 aromatic heterocycles. The highest BCUT2D eigenvalue weighted by Crippen LogP contribution is 2.25. The first-order valence-corrected chi connectivity index (χ1v) is 7.19.